The molecule has 9 nitrogen and oxygen atoms in total. The van der Waals surface area contributed by atoms with Crippen molar-refractivity contribution < 1.29 is 4.79 Å². The Morgan fingerprint density at radius 3 is 2.52 bits per heavy atom. The minimum Gasteiger partial charge on any atom is -0.325 e. The van der Waals surface area contributed by atoms with Gasteiger partial charge in [-0.25, -0.2) is 9.78 Å². The highest BCUT2D eigenvalue weighted by Crippen LogP contribution is 2.17. The highest BCUT2D eigenvalue weighted by molar-refractivity contribution is 5.94. The van der Waals surface area contributed by atoms with Crippen molar-refractivity contribution in [2.75, 3.05) is 5.32 Å². The van der Waals surface area contributed by atoms with Gasteiger partial charge in [0.05, 0.1) is 11.2 Å². The van der Waals surface area contributed by atoms with Crippen molar-refractivity contribution in [1.29, 1.82) is 0 Å². The van der Waals surface area contributed by atoms with Gasteiger partial charge in [0.1, 0.15) is 6.54 Å². The van der Waals surface area contributed by atoms with Gasteiger partial charge < -0.3 is 5.32 Å². The van der Waals surface area contributed by atoms with Gasteiger partial charge in [-0.3, -0.25) is 14.0 Å². The van der Waals surface area contributed by atoms with E-state index in [-0.39, 0.29) is 12.5 Å². The number of nitrogens with one attached hydrogen (secondary N) is 1. The number of fused-ring (bicyclic) bond motifs is 3. The van der Waals surface area contributed by atoms with Gasteiger partial charge >= 0.3 is 5.69 Å². The topological polar surface area (TPSA) is 99.1 Å². The second-order valence-corrected chi connectivity index (χ2v) is 7.96. The van der Waals surface area contributed by atoms with Crippen molar-refractivity contribution in [1.82, 2.24) is 28.9 Å². The molecule has 0 bridgehead atoms. The molecule has 0 atom stereocenters. The second kappa shape index (κ2) is 8.34. The number of anilines is 1. The Balaban J connectivity index is 1.50. The van der Waals surface area contributed by atoms with Gasteiger partial charge in [0.15, 0.2) is 11.5 Å². The number of aryl methyl sites for hydroxylation is 4. The van der Waals surface area contributed by atoms with E-state index in [1.807, 2.05) is 67.1 Å². The van der Waals surface area contributed by atoms with E-state index in [2.05, 4.69) is 20.5 Å². The third kappa shape index (κ3) is 4.00. The number of benzene rings is 2. The number of hydrogen-bond donors (Lipinski definition) is 1. The average Bonchev–Trinajstić information content (AvgIpc) is 3.38. The maximum Gasteiger partial charge on any atom is 0.351 e. The van der Waals surface area contributed by atoms with E-state index < -0.39 is 5.69 Å². The van der Waals surface area contributed by atoms with Crippen LogP contribution in [0.15, 0.2) is 65.5 Å². The van der Waals surface area contributed by atoms with E-state index in [9.17, 15) is 9.59 Å². The molecule has 3 heterocycles. The van der Waals surface area contributed by atoms with E-state index in [1.165, 1.54) is 9.08 Å². The van der Waals surface area contributed by atoms with Gasteiger partial charge in [-0.15, -0.1) is 5.10 Å². The lowest BCUT2D eigenvalue weighted by molar-refractivity contribution is -0.116. The average molecular weight is 441 g/mol. The zero-order valence-electron chi connectivity index (χ0n) is 18.4. The number of carbonyl (C=O) groups is 1. The summed E-state index contributed by atoms with van der Waals surface area (Å²) in [5.41, 5.74) is 3.41. The molecule has 9 heteroatoms. The van der Waals surface area contributed by atoms with Crippen molar-refractivity contribution in [3.63, 3.8) is 0 Å². The summed E-state index contributed by atoms with van der Waals surface area (Å²) in [7, 11) is 0. The maximum atomic E-state index is 13.3. The van der Waals surface area contributed by atoms with Gasteiger partial charge in [-0.1, -0.05) is 30.3 Å². The first-order valence-corrected chi connectivity index (χ1v) is 10.7. The first kappa shape index (κ1) is 20.6. The Morgan fingerprint density at radius 2 is 1.76 bits per heavy atom. The van der Waals surface area contributed by atoms with E-state index in [0.717, 1.165) is 16.8 Å². The Labute approximate surface area is 189 Å². The molecule has 0 unspecified atom stereocenters. The van der Waals surface area contributed by atoms with Crippen molar-refractivity contribution in [3.05, 3.63) is 88.4 Å². The fourth-order valence-electron chi connectivity index (χ4n) is 4.01. The van der Waals surface area contributed by atoms with E-state index in [1.54, 1.807) is 12.1 Å². The number of carbonyl (C=O) groups excluding carboxylic acids is 1. The van der Waals surface area contributed by atoms with Crippen LogP contribution in [0.4, 0.5) is 5.69 Å². The summed E-state index contributed by atoms with van der Waals surface area (Å²) in [4.78, 5) is 30.6. The number of amides is 1. The summed E-state index contributed by atoms with van der Waals surface area (Å²) in [6.45, 7) is 4.44. The summed E-state index contributed by atoms with van der Waals surface area (Å²) < 4.78 is 4.63. The molecule has 166 valence electrons. The summed E-state index contributed by atoms with van der Waals surface area (Å²) >= 11 is 0. The standard InChI is InChI=1S/C24H23N7O2/c1-16-14-17(2)30(27-16)13-12-21-26-23-19-10-6-7-11-20(19)29(24(33)31(23)28-21)15-22(32)25-18-8-4-3-5-9-18/h3-11,14H,12-13,15H2,1-2H3,(H,25,32). The minimum absolute atomic E-state index is 0.134. The van der Waals surface area contributed by atoms with Crippen LogP contribution in [-0.4, -0.2) is 34.9 Å². The molecule has 0 fully saturated rings. The maximum absolute atomic E-state index is 13.3. The normalized spacial score (nSPS) is 11.3. The minimum atomic E-state index is -0.406. The van der Waals surface area contributed by atoms with Crippen molar-refractivity contribution in [3.8, 4) is 0 Å². The number of aromatic nitrogens is 6. The third-order valence-electron chi connectivity index (χ3n) is 5.51. The molecule has 1 N–H and O–H groups in total. The molecule has 0 saturated carbocycles. The summed E-state index contributed by atoms with van der Waals surface area (Å²) in [6.07, 6.45) is 0.534. The third-order valence-corrected chi connectivity index (χ3v) is 5.51. The zero-order chi connectivity index (χ0) is 22.9. The Bertz CT molecular complexity index is 1530. The monoisotopic (exact) mass is 441 g/mol. The summed E-state index contributed by atoms with van der Waals surface area (Å²) in [6, 6.07) is 18.6. The molecule has 0 aliphatic heterocycles. The van der Waals surface area contributed by atoms with Crippen molar-refractivity contribution in [2.24, 2.45) is 0 Å². The van der Waals surface area contributed by atoms with Gasteiger partial charge in [0, 0.05) is 29.7 Å². The molecule has 33 heavy (non-hydrogen) atoms. The molecule has 0 aliphatic carbocycles. The van der Waals surface area contributed by atoms with Crippen molar-refractivity contribution in [2.45, 2.75) is 33.4 Å². The molecule has 2 aromatic carbocycles. The number of hydrogen-bond acceptors (Lipinski definition) is 5. The Hall–Kier alpha value is -4.27. The molecular weight excluding hydrogens is 418 g/mol. The van der Waals surface area contributed by atoms with Gasteiger partial charge in [0.25, 0.3) is 0 Å². The molecule has 0 radical (unpaired) electrons. The largest absolute Gasteiger partial charge is 0.351 e. The predicted molar refractivity (Wildman–Crippen MR) is 125 cm³/mol. The molecule has 5 aromatic rings. The van der Waals surface area contributed by atoms with Crippen molar-refractivity contribution >= 4 is 28.1 Å². The van der Waals surface area contributed by atoms with Crippen LogP contribution >= 0.6 is 0 Å². The van der Waals surface area contributed by atoms with Gasteiger partial charge in [-0.05, 0) is 44.2 Å². The van der Waals surface area contributed by atoms with E-state index in [4.69, 9.17) is 0 Å². The number of nitrogens with zero attached hydrogens (tertiary/aromatic N) is 6. The molecular formula is C24H23N7O2. The van der Waals surface area contributed by atoms with Crippen LogP contribution in [-0.2, 0) is 24.3 Å². The fraction of sp³-hybridized carbons (Fsp3) is 0.208. The van der Waals surface area contributed by atoms with Crippen LogP contribution in [0.25, 0.3) is 16.6 Å². The van der Waals surface area contributed by atoms with Crippen LogP contribution < -0.4 is 11.0 Å². The number of para-hydroxylation sites is 2. The zero-order valence-corrected chi connectivity index (χ0v) is 18.4. The quantitative estimate of drug-likeness (QED) is 0.437. The molecule has 3 aromatic heterocycles. The Morgan fingerprint density at radius 1 is 1.00 bits per heavy atom. The number of rotatable bonds is 6. The molecule has 0 aliphatic rings. The Kier molecular flexibility index (Phi) is 5.21. The molecule has 0 spiro atoms. The molecule has 1 amide bonds. The van der Waals surface area contributed by atoms with Crippen LogP contribution in [0.2, 0.25) is 0 Å². The van der Waals surface area contributed by atoms with E-state index in [0.29, 0.717) is 35.6 Å². The van der Waals surface area contributed by atoms with Crippen LogP contribution in [0.1, 0.15) is 17.2 Å². The first-order chi connectivity index (χ1) is 16.0. The fourth-order valence-corrected chi connectivity index (χ4v) is 4.01. The lowest BCUT2D eigenvalue weighted by Crippen LogP contribution is -2.32. The highest BCUT2D eigenvalue weighted by Gasteiger charge is 2.17. The van der Waals surface area contributed by atoms with E-state index >= 15 is 0 Å². The summed E-state index contributed by atoms with van der Waals surface area (Å²) in [5, 5.41) is 12.5. The smallest absolute Gasteiger partial charge is 0.325 e. The SMILES string of the molecule is Cc1cc(C)n(CCc2nc3c4ccccc4n(CC(=O)Nc4ccccc4)c(=O)n3n2)n1. The predicted octanol–water partition coefficient (Wildman–Crippen LogP) is 2.74. The molecule has 0 saturated heterocycles. The van der Waals surface area contributed by atoms with Gasteiger partial charge in [0.2, 0.25) is 5.91 Å². The first-order valence-electron chi connectivity index (χ1n) is 10.7. The lowest BCUT2D eigenvalue weighted by atomic mass is 10.2. The summed E-state index contributed by atoms with van der Waals surface area (Å²) in [5.74, 6) is 0.258. The highest BCUT2D eigenvalue weighted by atomic mass is 16.2. The van der Waals surface area contributed by atoms with Crippen LogP contribution in [0, 0.1) is 13.8 Å². The molecule has 5 rings (SSSR count). The van der Waals surface area contributed by atoms with Crippen LogP contribution in [0.5, 0.6) is 0 Å². The second-order valence-electron chi connectivity index (χ2n) is 7.96. The van der Waals surface area contributed by atoms with Gasteiger partial charge in [-0.2, -0.15) is 9.61 Å². The van der Waals surface area contributed by atoms with Crippen LogP contribution in [0.3, 0.4) is 0 Å². The lowest BCUT2D eigenvalue weighted by Gasteiger charge is -2.11.